The molecule has 4 nitrogen and oxygen atoms in total. The second-order valence-electron chi connectivity index (χ2n) is 4.61. The molecule has 2 atom stereocenters. The van der Waals surface area contributed by atoms with Crippen LogP contribution in [0.4, 0.5) is 0 Å². The van der Waals surface area contributed by atoms with Crippen LogP contribution in [0.25, 0.3) is 0 Å². The highest BCUT2D eigenvalue weighted by atomic mass is 35.5. The van der Waals surface area contributed by atoms with E-state index in [1.165, 1.54) is 0 Å². The van der Waals surface area contributed by atoms with E-state index in [2.05, 4.69) is 5.32 Å². The van der Waals surface area contributed by atoms with Gasteiger partial charge in [-0.2, -0.15) is 0 Å². The maximum atomic E-state index is 11.8. The maximum Gasteiger partial charge on any atom is 0.223 e. The van der Waals surface area contributed by atoms with Crippen molar-refractivity contribution in [2.75, 3.05) is 20.3 Å². The lowest BCUT2D eigenvalue weighted by Crippen LogP contribution is -2.38. The number of halogens is 1. The van der Waals surface area contributed by atoms with Crippen molar-refractivity contribution in [3.8, 4) is 0 Å². The monoisotopic (exact) mass is 264 g/mol. The Morgan fingerprint density at radius 1 is 1.41 bits per heavy atom. The summed E-state index contributed by atoms with van der Waals surface area (Å²) in [6, 6.07) is 0.220. The zero-order valence-corrected chi connectivity index (χ0v) is 11.4. The van der Waals surface area contributed by atoms with Gasteiger partial charge in [0.1, 0.15) is 0 Å². The van der Waals surface area contributed by atoms with Crippen LogP contribution in [0, 0.1) is 5.92 Å². The lowest BCUT2D eigenvalue weighted by molar-refractivity contribution is -0.126. The molecule has 0 saturated heterocycles. The molecule has 0 aromatic heterocycles. The smallest absolute Gasteiger partial charge is 0.223 e. The van der Waals surface area contributed by atoms with Crippen LogP contribution in [0.15, 0.2) is 0 Å². The quantitative estimate of drug-likeness (QED) is 0.714. The summed E-state index contributed by atoms with van der Waals surface area (Å²) in [5.41, 5.74) is 5.86. The molecule has 1 rings (SSSR count). The molecule has 0 bridgehead atoms. The molecule has 0 heterocycles. The minimum Gasteiger partial charge on any atom is -0.385 e. The third-order valence-corrected chi connectivity index (χ3v) is 3.16. The van der Waals surface area contributed by atoms with Gasteiger partial charge in [-0.15, -0.1) is 12.4 Å². The Labute approximate surface area is 110 Å². The van der Waals surface area contributed by atoms with Crippen molar-refractivity contribution in [3.05, 3.63) is 0 Å². The number of rotatable bonds is 6. The molecule has 0 aliphatic heterocycles. The predicted molar refractivity (Wildman–Crippen MR) is 71.3 cm³/mol. The molecule has 5 heteroatoms. The van der Waals surface area contributed by atoms with Gasteiger partial charge in [0.15, 0.2) is 0 Å². The molecular formula is C12H25ClN2O2. The Bertz CT molecular complexity index is 215. The first-order valence-electron chi connectivity index (χ1n) is 6.26. The molecule has 17 heavy (non-hydrogen) atoms. The van der Waals surface area contributed by atoms with Gasteiger partial charge in [0.2, 0.25) is 5.91 Å². The Morgan fingerprint density at radius 3 is 2.82 bits per heavy atom. The first-order valence-corrected chi connectivity index (χ1v) is 6.26. The van der Waals surface area contributed by atoms with Gasteiger partial charge in [-0.1, -0.05) is 6.42 Å². The fourth-order valence-corrected chi connectivity index (χ4v) is 2.19. The maximum absolute atomic E-state index is 11.8. The van der Waals surface area contributed by atoms with E-state index in [-0.39, 0.29) is 30.3 Å². The van der Waals surface area contributed by atoms with Crippen LogP contribution in [-0.2, 0) is 9.53 Å². The number of methoxy groups -OCH3 is 1. The Balaban J connectivity index is 0.00000256. The van der Waals surface area contributed by atoms with Crippen LogP contribution < -0.4 is 11.1 Å². The van der Waals surface area contributed by atoms with Gasteiger partial charge < -0.3 is 15.8 Å². The van der Waals surface area contributed by atoms with Gasteiger partial charge in [-0.3, -0.25) is 4.79 Å². The van der Waals surface area contributed by atoms with Crippen molar-refractivity contribution < 1.29 is 9.53 Å². The number of hydrogen-bond acceptors (Lipinski definition) is 3. The largest absolute Gasteiger partial charge is 0.385 e. The van der Waals surface area contributed by atoms with E-state index in [0.29, 0.717) is 0 Å². The van der Waals surface area contributed by atoms with Gasteiger partial charge in [-0.25, -0.2) is 0 Å². The van der Waals surface area contributed by atoms with Crippen molar-refractivity contribution in [3.63, 3.8) is 0 Å². The molecule has 1 aliphatic carbocycles. The molecule has 0 spiro atoms. The van der Waals surface area contributed by atoms with Crippen LogP contribution in [-0.4, -0.2) is 32.2 Å². The Morgan fingerprint density at radius 2 is 2.18 bits per heavy atom. The van der Waals surface area contributed by atoms with Gasteiger partial charge >= 0.3 is 0 Å². The fourth-order valence-electron chi connectivity index (χ4n) is 2.19. The summed E-state index contributed by atoms with van der Waals surface area (Å²) in [5, 5.41) is 2.98. The molecule has 0 aromatic rings. The molecule has 2 unspecified atom stereocenters. The summed E-state index contributed by atoms with van der Waals surface area (Å²) in [6.07, 6.45) is 5.99. The molecule has 0 radical (unpaired) electrons. The molecular weight excluding hydrogens is 240 g/mol. The van der Waals surface area contributed by atoms with Crippen LogP contribution in [0.1, 0.15) is 38.5 Å². The lowest BCUT2D eigenvalue weighted by atomic mass is 9.85. The van der Waals surface area contributed by atoms with Gasteiger partial charge in [0.25, 0.3) is 0 Å². The Kier molecular flexibility index (Phi) is 9.50. The number of ether oxygens (including phenoxy) is 1. The summed E-state index contributed by atoms with van der Waals surface area (Å²) in [4.78, 5) is 11.8. The van der Waals surface area contributed by atoms with E-state index in [0.717, 1.165) is 51.7 Å². The average molecular weight is 265 g/mol. The summed E-state index contributed by atoms with van der Waals surface area (Å²) >= 11 is 0. The van der Waals surface area contributed by atoms with E-state index in [1.807, 2.05) is 0 Å². The zero-order chi connectivity index (χ0) is 11.8. The van der Waals surface area contributed by atoms with E-state index in [4.69, 9.17) is 10.5 Å². The summed E-state index contributed by atoms with van der Waals surface area (Å²) in [5.74, 6) is 0.332. The van der Waals surface area contributed by atoms with Crippen molar-refractivity contribution in [1.29, 1.82) is 0 Å². The third kappa shape index (κ3) is 6.86. The highest BCUT2D eigenvalue weighted by Crippen LogP contribution is 2.22. The second-order valence-corrected chi connectivity index (χ2v) is 4.61. The molecule has 1 fully saturated rings. The molecule has 1 amide bonds. The van der Waals surface area contributed by atoms with E-state index >= 15 is 0 Å². The van der Waals surface area contributed by atoms with Crippen LogP contribution >= 0.6 is 12.4 Å². The number of carbonyl (C=O) groups excluding carboxylic acids is 1. The number of unbranched alkanes of at least 4 members (excludes halogenated alkanes) is 1. The van der Waals surface area contributed by atoms with Crippen LogP contribution in [0.3, 0.4) is 0 Å². The van der Waals surface area contributed by atoms with Crippen molar-refractivity contribution >= 4 is 18.3 Å². The molecule has 102 valence electrons. The predicted octanol–water partition coefficient (Wildman–Crippen LogP) is 1.47. The van der Waals surface area contributed by atoms with Gasteiger partial charge in [-0.05, 0) is 32.1 Å². The van der Waals surface area contributed by atoms with Crippen molar-refractivity contribution in [2.45, 2.75) is 44.6 Å². The molecule has 1 aliphatic rings. The number of hydrogen-bond donors (Lipinski definition) is 2. The highest BCUT2D eigenvalue weighted by molar-refractivity contribution is 5.85. The third-order valence-electron chi connectivity index (χ3n) is 3.16. The van der Waals surface area contributed by atoms with Gasteiger partial charge in [0, 0.05) is 32.2 Å². The lowest BCUT2D eigenvalue weighted by Gasteiger charge is -2.25. The normalized spacial score (nSPS) is 23.9. The topological polar surface area (TPSA) is 64.3 Å². The molecule has 1 saturated carbocycles. The standard InChI is InChI=1S/C12H24N2O2.ClH/c1-16-8-3-2-7-14-12(15)10-5-4-6-11(13)9-10;/h10-11H,2-9,13H2,1H3,(H,14,15);1H. The Hall–Kier alpha value is -0.320. The minimum atomic E-state index is 0. The first-order chi connectivity index (χ1) is 7.74. The average Bonchev–Trinajstić information content (AvgIpc) is 2.28. The SMILES string of the molecule is COCCCCNC(=O)C1CCCC(N)C1.Cl. The fraction of sp³-hybridized carbons (Fsp3) is 0.917. The first kappa shape index (κ1) is 16.7. The van der Waals surface area contributed by atoms with E-state index in [1.54, 1.807) is 7.11 Å². The number of amides is 1. The number of nitrogens with one attached hydrogen (secondary N) is 1. The second kappa shape index (κ2) is 9.68. The van der Waals surface area contributed by atoms with Crippen LogP contribution in [0.5, 0.6) is 0 Å². The summed E-state index contributed by atoms with van der Waals surface area (Å²) in [7, 11) is 1.70. The highest BCUT2D eigenvalue weighted by Gasteiger charge is 2.24. The number of carbonyl (C=O) groups is 1. The zero-order valence-electron chi connectivity index (χ0n) is 10.6. The van der Waals surface area contributed by atoms with E-state index in [9.17, 15) is 4.79 Å². The summed E-state index contributed by atoms with van der Waals surface area (Å²) < 4.78 is 4.95. The minimum absolute atomic E-state index is 0. The van der Waals surface area contributed by atoms with Crippen molar-refractivity contribution in [1.82, 2.24) is 5.32 Å². The van der Waals surface area contributed by atoms with Crippen LogP contribution in [0.2, 0.25) is 0 Å². The van der Waals surface area contributed by atoms with Gasteiger partial charge in [0.05, 0.1) is 0 Å². The number of nitrogens with two attached hydrogens (primary N) is 1. The van der Waals surface area contributed by atoms with Crippen molar-refractivity contribution in [2.24, 2.45) is 11.7 Å². The molecule has 3 N–H and O–H groups in total. The van der Waals surface area contributed by atoms with E-state index < -0.39 is 0 Å². The summed E-state index contributed by atoms with van der Waals surface area (Å²) in [6.45, 7) is 1.53. The molecule has 0 aromatic carbocycles.